The van der Waals surface area contributed by atoms with Gasteiger partial charge in [-0.2, -0.15) is 0 Å². The summed E-state index contributed by atoms with van der Waals surface area (Å²) in [5.74, 6) is 0. The molecule has 1 heteroatoms. The summed E-state index contributed by atoms with van der Waals surface area (Å²) in [6.07, 6.45) is 0. The van der Waals surface area contributed by atoms with Gasteiger partial charge in [0.25, 0.3) is 0 Å². The van der Waals surface area contributed by atoms with Gasteiger partial charge >= 0.3 is 0 Å². The van der Waals surface area contributed by atoms with Crippen molar-refractivity contribution in [3.63, 3.8) is 0 Å². The van der Waals surface area contributed by atoms with E-state index in [0.29, 0.717) is 0 Å². The molecule has 0 aliphatic carbocycles. The first-order valence-corrected chi connectivity index (χ1v) is 22.0. The van der Waals surface area contributed by atoms with Crippen LogP contribution in [0, 0.1) is 0 Å². The Labute approximate surface area is 355 Å². The first-order valence-electron chi connectivity index (χ1n) is 21.2. The van der Waals surface area contributed by atoms with Gasteiger partial charge in [-0.15, -0.1) is 11.3 Å². The predicted molar refractivity (Wildman–Crippen MR) is 266 cm³/mol. The molecule has 1 heterocycles. The van der Waals surface area contributed by atoms with Gasteiger partial charge in [-0.25, -0.2) is 0 Å². The topological polar surface area (TPSA) is 0 Å². The summed E-state index contributed by atoms with van der Waals surface area (Å²) in [7, 11) is 0. The fourth-order valence-corrected chi connectivity index (χ4v) is 12.1. The van der Waals surface area contributed by atoms with Gasteiger partial charge in [-0.1, -0.05) is 176 Å². The smallest absolute Gasteiger partial charge is 0.0355 e. The minimum Gasteiger partial charge on any atom is -0.135 e. The number of thiophene rings is 1. The van der Waals surface area contributed by atoms with E-state index in [2.05, 4.69) is 206 Å². The van der Waals surface area contributed by atoms with E-state index in [9.17, 15) is 0 Å². The van der Waals surface area contributed by atoms with Crippen molar-refractivity contribution in [3.8, 4) is 44.5 Å². The average Bonchev–Trinajstić information content (AvgIpc) is 3.98. The van der Waals surface area contributed by atoms with E-state index in [1.165, 1.54) is 140 Å². The maximum absolute atomic E-state index is 2.53. The first-order chi connectivity index (χ1) is 30.3. The highest BCUT2D eigenvalue weighted by Gasteiger charge is 2.27. The zero-order valence-corrected chi connectivity index (χ0v) is 33.9. The second-order valence-corrected chi connectivity index (χ2v) is 17.7. The molecule has 0 spiro atoms. The lowest BCUT2D eigenvalue weighted by Crippen LogP contribution is -1.91. The van der Waals surface area contributed by atoms with Crippen LogP contribution >= 0.6 is 11.3 Å². The summed E-state index contributed by atoms with van der Waals surface area (Å²) in [6, 6.07) is 77.4. The summed E-state index contributed by atoms with van der Waals surface area (Å²) in [6.45, 7) is 0. The van der Waals surface area contributed by atoms with Crippen molar-refractivity contribution in [2.75, 3.05) is 0 Å². The fraction of sp³-hybridized carbons (Fsp3) is 0. The average molecular weight is 787 g/mol. The molecule has 0 radical (unpaired) electrons. The molecule has 0 N–H and O–H groups in total. The molecule has 0 bridgehead atoms. The van der Waals surface area contributed by atoms with Crippen molar-refractivity contribution in [1.29, 1.82) is 0 Å². The fourth-order valence-electron chi connectivity index (χ4n) is 11.0. The molecular weight excluding hydrogens is 753 g/mol. The lowest BCUT2D eigenvalue weighted by Gasteiger charge is -2.19. The molecule has 13 aromatic carbocycles. The Morgan fingerprint density at radius 3 is 1.41 bits per heavy atom. The highest BCUT2D eigenvalue weighted by molar-refractivity contribution is 7.25. The third-order valence-electron chi connectivity index (χ3n) is 13.5. The maximum Gasteiger partial charge on any atom is 0.0355 e. The predicted octanol–water partition coefficient (Wildman–Crippen LogP) is 17.7. The lowest BCUT2D eigenvalue weighted by molar-refractivity contribution is 1.66. The minimum atomic E-state index is 1.24. The van der Waals surface area contributed by atoms with Crippen molar-refractivity contribution in [2.24, 2.45) is 0 Å². The maximum atomic E-state index is 2.53. The number of hydrogen-bond acceptors (Lipinski definition) is 1. The molecule has 1 aromatic heterocycles. The number of rotatable bonds is 4. The van der Waals surface area contributed by atoms with Crippen LogP contribution in [0.5, 0.6) is 0 Å². The van der Waals surface area contributed by atoms with E-state index in [0.717, 1.165) is 0 Å². The number of hydrogen-bond donors (Lipinski definition) is 0. The Bertz CT molecular complexity index is 4070. The standard InChI is InChI=1S/C60H34S/c1-4-14-35(15-5-1)38-26-30-52-48(32-38)49-33-39(27-31-53(49)61-52)40-28-29-47-56-43(40)22-12-25-46(56)60-55(37-18-8-3-9-19-37)58-45-24-13-23-44-41-20-10-11-21-42(41)50(57(44)45)34-51(58)54(59(47)60)36-16-6-2-7-17-36/h1-34H. The Morgan fingerprint density at radius 1 is 0.213 bits per heavy atom. The van der Waals surface area contributed by atoms with Crippen molar-refractivity contribution in [2.45, 2.75) is 0 Å². The lowest BCUT2D eigenvalue weighted by atomic mass is 9.84. The molecule has 0 saturated heterocycles. The summed E-state index contributed by atoms with van der Waals surface area (Å²) < 4.78 is 2.64. The van der Waals surface area contributed by atoms with Crippen LogP contribution in [-0.4, -0.2) is 0 Å². The van der Waals surface area contributed by atoms with Crippen molar-refractivity contribution < 1.29 is 0 Å². The Morgan fingerprint density at radius 2 is 0.705 bits per heavy atom. The second-order valence-electron chi connectivity index (χ2n) is 16.6. The highest BCUT2D eigenvalue weighted by Crippen LogP contribution is 2.55. The quantitative estimate of drug-likeness (QED) is 0.156. The highest BCUT2D eigenvalue weighted by atomic mass is 32.1. The molecule has 0 aliphatic heterocycles. The van der Waals surface area contributed by atoms with E-state index in [4.69, 9.17) is 0 Å². The minimum absolute atomic E-state index is 1.24. The Hall–Kier alpha value is -7.58. The summed E-state index contributed by atoms with van der Waals surface area (Å²) in [4.78, 5) is 0. The van der Waals surface area contributed by atoms with E-state index in [-0.39, 0.29) is 0 Å². The normalized spacial score (nSPS) is 12.3. The van der Waals surface area contributed by atoms with Crippen LogP contribution < -0.4 is 0 Å². The van der Waals surface area contributed by atoms with Gasteiger partial charge in [0.1, 0.15) is 0 Å². The zero-order valence-electron chi connectivity index (χ0n) is 33.0. The summed E-state index contributed by atoms with van der Waals surface area (Å²) >= 11 is 1.88. The molecule has 280 valence electrons. The number of fused-ring (bicyclic) bond motifs is 11. The van der Waals surface area contributed by atoms with E-state index >= 15 is 0 Å². The van der Waals surface area contributed by atoms with Crippen LogP contribution in [0.15, 0.2) is 206 Å². The summed E-state index contributed by atoms with van der Waals surface area (Å²) in [5, 5.41) is 21.1. The molecule has 0 amide bonds. The molecule has 14 aromatic rings. The van der Waals surface area contributed by atoms with Gasteiger partial charge in [0.2, 0.25) is 0 Å². The third-order valence-corrected chi connectivity index (χ3v) is 14.7. The number of benzene rings is 11. The molecule has 14 rings (SSSR count). The largest absolute Gasteiger partial charge is 0.135 e. The second kappa shape index (κ2) is 12.5. The van der Waals surface area contributed by atoms with Crippen LogP contribution in [0.4, 0.5) is 0 Å². The Balaban J connectivity index is 1.13. The first kappa shape index (κ1) is 33.3. The summed E-state index contributed by atoms with van der Waals surface area (Å²) in [5.41, 5.74) is 10.1. The zero-order chi connectivity index (χ0) is 39.8. The van der Waals surface area contributed by atoms with Gasteiger partial charge in [-0.3, -0.25) is 0 Å². The van der Waals surface area contributed by atoms with E-state index in [1.807, 2.05) is 11.3 Å². The molecule has 0 fully saturated rings. The molecule has 0 unspecified atom stereocenters. The third kappa shape index (κ3) is 4.59. The van der Waals surface area contributed by atoms with Gasteiger partial charge in [0.05, 0.1) is 0 Å². The van der Waals surface area contributed by atoms with E-state index < -0.39 is 0 Å². The van der Waals surface area contributed by atoms with Crippen LogP contribution in [0.1, 0.15) is 0 Å². The molecule has 61 heavy (non-hydrogen) atoms. The van der Waals surface area contributed by atoms with Crippen LogP contribution in [0.25, 0.3) is 140 Å². The molecule has 0 atom stereocenters. The van der Waals surface area contributed by atoms with Crippen molar-refractivity contribution in [3.05, 3.63) is 206 Å². The molecule has 0 aliphatic rings. The van der Waals surface area contributed by atoms with Crippen LogP contribution in [-0.2, 0) is 0 Å². The van der Waals surface area contributed by atoms with Gasteiger partial charge in [-0.05, 0) is 150 Å². The van der Waals surface area contributed by atoms with Crippen LogP contribution in [0.2, 0.25) is 0 Å². The van der Waals surface area contributed by atoms with Crippen LogP contribution in [0.3, 0.4) is 0 Å². The molecular formula is C60H34S. The van der Waals surface area contributed by atoms with Crippen molar-refractivity contribution in [1.82, 2.24) is 0 Å². The van der Waals surface area contributed by atoms with Crippen molar-refractivity contribution >= 4 is 107 Å². The Kier molecular flexibility index (Phi) is 6.80. The molecule has 0 saturated carbocycles. The molecule has 0 nitrogen and oxygen atoms in total. The van der Waals surface area contributed by atoms with Gasteiger partial charge in [0.15, 0.2) is 0 Å². The monoisotopic (exact) mass is 786 g/mol. The SMILES string of the molecule is c1ccc(-c2ccc3sc4ccc(-c5ccc6c7c(-c8ccccc8)c8cc9c%10ccccc%10c%10cccc(c8c(-c8ccccc8)c7c7cccc5c67)c%109)cc4c3c2)cc1. The van der Waals surface area contributed by atoms with E-state index in [1.54, 1.807) is 0 Å². The van der Waals surface area contributed by atoms with Gasteiger partial charge in [0, 0.05) is 20.2 Å². The van der Waals surface area contributed by atoms with Gasteiger partial charge < -0.3 is 0 Å².